The van der Waals surface area contributed by atoms with Gasteiger partial charge in [-0.15, -0.1) is 0 Å². The Labute approximate surface area is 151 Å². The molecule has 1 aliphatic rings. The molecule has 0 saturated carbocycles. The van der Waals surface area contributed by atoms with Crippen molar-refractivity contribution in [2.75, 3.05) is 27.0 Å². The third kappa shape index (κ3) is 3.73. The van der Waals surface area contributed by atoms with Gasteiger partial charge in [0.05, 0.1) is 19.9 Å². The van der Waals surface area contributed by atoms with Gasteiger partial charge in [-0.25, -0.2) is 13.4 Å². The highest BCUT2D eigenvalue weighted by Crippen LogP contribution is 2.27. The molecule has 0 radical (unpaired) electrons. The van der Waals surface area contributed by atoms with Crippen LogP contribution in [-0.2, 0) is 29.3 Å². The molecule has 0 fully saturated rings. The predicted molar refractivity (Wildman–Crippen MR) is 95.3 cm³/mol. The molecule has 1 N–H and O–H groups in total. The summed E-state index contributed by atoms with van der Waals surface area (Å²) in [5.74, 6) is 1.47. The molecule has 0 amide bonds. The van der Waals surface area contributed by atoms with Gasteiger partial charge in [0.1, 0.15) is 11.5 Å². The van der Waals surface area contributed by atoms with Crippen LogP contribution in [0.5, 0.6) is 11.5 Å². The van der Waals surface area contributed by atoms with Gasteiger partial charge in [0, 0.05) is 37.0 Å². The number of rotatable bonds is 5. The topological polar surface area (TPSA) is 102 Å². The van der Waals surface area contributed by atoms with E-state index in [0.29, 0.717) is 37.3 Å². The summed E-state index contributed by atoms with van der Waals surface area (Å²) in [6, 6.07) is 5.58. The number of aromatic nitrogens is 2. The molecule has 1 aromatic heterocycles. The number of hydrogen-bond donors (Lipinski definition) is 1. The van der Waals surface area contributed by atoms with Crippen molar-refractivity contribution >= 4 is 9.84 Å². The zero-order valence-electron chi connectivity index (χ0n) is 14.9. The van der Waals surface area contributed by atoms with E-state index >= 15 is 0 Å². The van der Waals surface area contributed by atoms with Gasteiger partial charge in [-0.2, -0.15) is 0 Å². The number of nitrogens with zero attached hydrogens (tertiary/aromatic N) is 2. The molecule has 0 bridgehead atoms. The fourth-order valence-electron chi connectivity index (χ4n) is 3.03. The lowest BCUT2D eigenvalue weighted by atomic mass is 10.1. The van der Waals surface area contributed by atoms with Crippen LogP contribution in [0.1, 0.15) is 16.8 Å². The molecule has 8 nitrogen and oxygen atoms in total. The van der Waals surface area contributed by atoms with Gasteiger partial charge in [0.2, 0.25) is 15.0 Å². The number of H-pyrrole nitrogens is 1. The van der Waals surface area contributed by atoms with Crippen LogP contribution in [0, 0.1) is 0 Å². The minimum Gasteiger partial charge on any atom is -0.497 e. The molecule has 0 atom stereocenters. The van der Waals surface area contributed by atoms with E-state index in [9.17, 15) is 13.2 Å². The summed E-state index contributed by atoms with van der Waals surface area (Å²) in [5, 5.41) is -0.290. The van der Waals surface area contributed by atoms with E-state index in [2.05, 4.69) is 14.9 Å². The van der Waals surface area contributed by atoms with E-state index in [1.54, 1.807) is 14.2 Å². The summed E-state index contributed by atoms with van der Waals surface area (Å²) in [6.45, 7) is 1.63. The van der Waals surface area contributed by atoms with Gasteiger partial charge in [-0.1, -0.05) is 0 Å². The smallest absolute Gasteiger partial charge is 0.255 e. The maximum atomic E-state index is 12.2. The van der Waals surface area contributed by atoms with E-state index in [1.807, 2.05) is 18.2 Å². The summed E-state index contributed by atoms with van der Waals surface area (Å²) < 4.78 is 34.1. The molecule has 0 unspecified atom stereocenters. The summed E-state index contributed by atoms with van der Waals surface area (Å²) in [4.78, 5) is 20.8. The lowest BCUT2D eigenvalue weighted by Crippen LogP contribution is -2.35. The fraction of sp³-hybridized carbons (Fsp3) is 0.412. The first-order valence-electron chi connectivity index (χ1n) is 8.07. The molecular weight excluding hydrogens is 358 g/mol. The largest absolute Gasteiger partial charge is 0.497 e. The second-order valence-corrected chi connectivity index (χ2v) is 8.14. The Hall–Kier alpha value is -2.39. The summed E-state index contributed by atoms with van der Waals surface area (Å²) in [6.07, 6.45) is 1.54. The highest BCUT2D eigenvalue weighted by molar-refractivity contribution is 7.90. The lowest BCUT2D eigenvalue weighted by molar-refractivity contribution is 0.235. The zero-order valence-corrected chi connectivity index (χ0v) is 15.7. The number of aromatic amines is 1. The zero-order chi connectivity index (χ0) is 18.9. The Kier molecular flexibility index (Phi) is 5.01. The molecular formula is C17H21N3O5S. The quantitative estimate of drug-likeness (QED) is 0.765. The molecule has 2 heterocycles. The summed E-state index contributed by atoms with van der Waals surface area (Å²) in [5.41, 5.74) is 1.62. The molecule has 3 rings (SSSR count). The minimum atomic E-state index is -3.58. The molecule has 9 heteroatoms. The van der Waals surface area contributed by atoms with E-state index in [-0.39, 0.29) is 10.7 Å². The third-order valence-electron chi connectivity index (χ3n) is 4.36. The highest BCUT2D eigenvalue weighted by Gasteiger charge is 2.24. The molecule has 0 aliphatic carbocycles. The second kappa shape index (κ2) is 7.08. The maximum absolute atomic E-state index is 12.2. The fourth-order valence-corrected chi connectivity index (χ4v) is 3.58. The van der Waals surface area contributed by atoms with Crippen LogP contribution >= 0.6 is 0 Å². The first-order valence-corrected chi connectivity index (χ1v) is 9.96. The van der Waals surface area contributed by atoms with Gasteiger partial charge in [-0.3, -0.25) is 14.7 Å². The van der Waals surface area contributed by atoms with Crippen LogP contribution in [0.2, 0.25) is 0 Å². The standard InChI is InChI=1S/C17H21N3O5S/c1-24-12-4-5-15(25-2)11(8-12)9-20-7-6-13-14(10-20)18-17(19-16(13)21)26(3,22)23/h4-5,8H,6-7,9-10H2,1-3H3,(H,18,19,21). The van der Waals surface area contributed by atoms with Gasteiger partial charge in [0.15, 0.2) is 0 Å². The second-order valence-electron chi connectivity index (χ2n) is 6.21. The van der Waals surface area contributed by atoms with E-state index < -0.39 is 9.84 Å². The van der Waals surface area contributed by atoms with E-state index in [1.165, 1.54) is 0 Å². The van der Waals surface area contributed by atoms with Gasteiger partial charge in [0.25, 0.3) is 5.56 Å². The van der Waals surface area contributed by atoms with Crippen molar-refractivity contribution in [2.45, 2.75) is 24.7 Å². The van der Waals surface area contributed by atoms with Crippen LogP contribution < -0.4 is 15.0 Å². The molecule has 2 aromatic rings. The predicted octanol–water partition coefficient (Wildman–Crippen LogP) is 0.749. The third-order valence-corrected chi connectivity index (χ3v) is 5.26. The van der Waals surface area contributed by atoms with Crippen molar-refractivity contribution in [3.05, 3.63) is 45.4 Å². The Morgan fingerprint density at radius 2 is 2.04 bits per heavy atom. The van der Waals surface area contributed by atoms with Crippen molar-refractivity contribution in [3.8, 4) is 11.5 Å². The molecule has 26 heavy (non-hydrogen) atoms. The van der Waals surface area contributed by atoms with Crippen molar-refractivity contribution in [3.63, 3.8) is 0 Å². The Balaban J connectivity index is 1.89. The van der Waals surface area contributed by atoms with Gasteiger partial charge < -0.3 is 9.47 Å². The summed E-state index contributed by atoms with van der Waals surface area (Å²) in [7, 11) is -0.366. The Morgan fingerprint density at radius 3 is 2.69 bits per heavy atom. The van der Waals surface area contributed by atoms with Crippen molar-refractivity contribution in [1.29, 1.82) is 0 Å². The van der Waals surface area contributed by atoms with E-state index in [4.69, 9.17) is 9.47 Å². The lowest BCUT2D eigenvalue weighted by Gasteiger charge is -2.28. The van der Waals surface area contributed by atoms with Crippen LogP contribution in [0.25, 0.3) is 0 Å². The highest BCUT2D eigenvalue weighted by atomic mass is 32.2. The first kappa shape index (κ1) is 18.4. The number of methoxy groups -OCH3 is 2. The molecule has 0 saturated heterocycles. The molecule has 1 aromatic carbocycles. The first-order chi connectivity index (χ1) is 12.3. The Morgan fingerprint density at radius 1 is 1.27 bits per heavy atom. The number of ether oxygens (including phenoxy) is 2. The van der Waals surface area contributed by atoms with Crippen molar-refractivity contribution in [2.24, 2.45) is 0 Å². The van der Waals surface area contributed by atoms with Crippen LogP contribution in [-0.4, -0.2) is 50.3 Å². The average molecular weight is 379 g/mol. The average Bonchev–Trinajstić information content (AvgIpc) is 2.60. The number of nitrogens with one attached hydrogen (secondary N) is 1. The van der Waals surface area contributed by atoms with E-state index in [0.717, 1.165) is 23.3 Å². The Bertz CT molecular complexity index is 984. The van der Waals surface area contributed by atoms with Crippen LogP contribution in [0.4, 0.5) is 0 Å². The molecule has 1 aliphatic heterocycles. The van der Waals surface area contributed by atoms with Crippen molar-refractivity contribution < 1.29 is 17.9 Å². The van der Waals surface area contributed by atoms with Crippen LogP contribution in [0.15, 0.2) is 28.2 Å². The number of hydrogen-bond acceptors (Lipinski definition) is 7. The van der Waals surface area contributed by atoms with Gasteiger partial charge >= 0.3 is 0 Å². The monoisotopic (exact) mass is 379 g/mol. The SMILES string of the molecule is COc1ccc(OC)c(CN2CCc3c(nc(S(C)(=O)=O)[nH]c3=O)C2)c1. The maximum Gasteiger partial charge on any atom is 0.255 e. The normalized spacial score (nSPS) is 14.7. The summed E-state index contributed by atoms with van der Waals surface area (Å²) >= 11 is 0. The number of benzene rings is 1. The van der Waals surface area contributed by atoms with Gasteiger partial charge in [-0.05, 0) is 24.6 Å². The number of sulfone groups is 1. The van der Waals surface area contributed by atoms with Crippen molar-refractivity contribution in [1.82, 2.24) is 14.9 Å². The molecule has 140 valence electrons. The number of fused-ring (bicyclic) bond motifs is 1. The van der Waals surface area contributed by atoms with Crippen LogP contribution in [0.3, 0.4) is 0 Å². The minimum absolute atomic E-state index is 0.290. The molecule has 0 spiro atoms.